The number of rotatable bonds is 6. The van der Waals surface area contributed by atoms with Crippen molar-refractivity contribution >= 4 is 5.78 Å². The van der Waals surface area contributed by atoms with Crippen molar-refractivity contribution < 1.29 is 18.7 Å². The van der Waals surface area contributed by atoms with E-state index in [1.54, 1.807) is 13.0 Å². The lowest BCUT2D eigenvalue weighted by Crippen LogP contribution is -2.07. The topological polar surface area (TPSA) is 35.5 Å². The molecule has 0 bridgehead atoms. The highest BCUT2D eigenvalue weighted by molar-refractivity contribution is 5.75. The van der Waals surface area contributed by atoms with Gasteiger partial charge in [-0.05, 0) is 30.9 Å². The summed E-state index contributed by atoms with van der Waals surface area (Å²) in [5.74, 6) is 0.767. The number of halogens is 1. The van der Waals surface area contributed by atoms with Crippen LogP contribution in [-0.4, -0.2) is 20.0 Å². The van der Waals surface area contributed by atoms with Gasteiger partial charge in [-0.15, -0.1) is 0 Å². The fourth-order valence-corrected chi connectivity index (χ4v) is 1.99. The van der Waals surface area contributed by atoms with E-state index in [1.807, 2.05) is 6.92 Å². The first-order chi connectivity index (χ1) is 8.47. The Morgan fingerprint density at radius 2 is 1.83 bits per heavy atom. The number of ether oxygens (including phenoxy) is 2. The molecule has 0 amide bonds. The molecule has 0 heterocycles. The van der Waals surface area contributed by atoms with Crippen molar-refractivity contribution in [3.63, 3.8) is 0 Å². The van der Waals surface area contributed by atoms with Gasteiger partial charge in [0.15, 0.2) is 11.5 Å². The van der Waals surface area contributed by atoms with Crippen LogP contribution in [0.4, 0.5) is 4.39 Å². The first-order valence-corrected chi connectivity index (χ1v) is 5.87. The molecule has 1 aromatic carbocycles. The van der Waals surface area contributed by atoms with Gasteiger partial charge in [-0.3, -0.25) is 0 Å². The third-order valence-corrected chi connectivity index (χ3v) is 2.76. The lowest BCUT2D eigenvalue weighted by Gasteiger charge is -2.13. The summed E-state index contributed by atoms with van der Waals surface area (Å²) in [4.78, 5) is 11.0. The molecular weight excluding hydrogens is 235 g/mol. The second kappa shape index (κ2) is 6.38. The van der Waals surface area contributed by atoms with E-state index >= 15 is 0 Å². The summed E-state index contributed by atoms with van der Waals surface area (Å²) in [6.45, 7) is 3.47. The summed E-state index contributed by atoms with van der Waals surface area (Å²) in [6, 6.07) is 2.94. The Labute approximate surface area is 107 Å². The number of carbonyl (C=O) groups excluding carboxylic acids is 1. The summed E-state index contributed by atoms with van der Waals surface area (Å²) < 4.78 is 24.0. The summed E-state index contributed by atoms with van der Waals surface area (Å²) in [5.41, 5.74) is 0.543. The molecule has 18 heavy (non-hydrogen) atoms. The van der Waals surface area contributed by atoms with Crippen molar-refractivity contribution in [1.29, 1.82) is 0 Å². The number of Topliss-reactive ketones (excluding diaryl/α,β-unsaturated/α-hetero) is 1. The zero-order valence-corrected chi connectivity index (χ0v) is 11.2. The van der Waals surface area contributed by atoms with E-state index in [0.717, 1.165) is 0 Å². The van der Waals surface area contributed by atoms with E-state index in [-0.39, 0.29) is 17.5 Å². The molecule has 0 spiro atoms. The van der Waals surface area contributed by atoms with E-state index in [4.69, 9.17) is 9.47 Å². The average Bonchev–Trinajstić information content (AvgIpc) is 2.30. The van der Waals surface area contributed by atoms with Crippen LogP contribution in [0.5, 0.6) is 11.5 Å². The Morgan fingerprint density at radius 3 is 2.33 bits per heavy atom. The van der Waals surface area contributed by atoms with Gasteiger partial charge in [-0.2, -0.15) is 0 Å². The second-order valence-corrected chi connectivity index (χ2v) is 4.51. The highest BCUT2D eigenvalue weighted by Gasteiger charge is 2.14. The Morgan fingerprint density at radius 1 is 1.28 bits per heavy atom. The van der Waals surface area contributed by atoms with Gasteiger partial charge in [-0.1, -0.05) is 6.92 Å². The number of ketones is 1. The molecule has 100 valence electrons. The molecule has 0 aromatic heterocycles. The van der Waals surface area contributed by atoms with Crippen LogP contribution in [0.1, 0.15) is 25.8 Å². The van der Waals surface area contributed by atoms with Crippen LogP contribution in [-0.2, 0) is 11.2 Å². The van der Waals surface area contributed by atoms with E-state index in [0.29, 0.717) is 29.9 Å². The van der Waals surface area contributed by atoms with E-state index in [9.17, 15) is 9.18 Å². The third kappa shape index (κ3) is 3.72. The summed E-state index contributed by atoms with van der Waals surface area (Å²) in [6.07, 6.45) is 0.958. The molecule has 1 rings (SSSR count). The fourth-order valence-electron chi connectivity index (χ4n) is 1.99. The van der Waals surface area contributed by atoms with Crippen molar-refractivity contribution in [3.05, 3.63) is 23.5 Å². The monoisotopic (exact) mass is 254 g/mol. The molecule has 0 aliphatic carbocycles. The number of hydrogen-bond donors (Lipinski definition) is 0. The predicted molar refractivity (Wildman–Crippen MR) is 67.7 cm³/mol. The fraction of sp³-hybridized carbons (Fsp3) is 0.500. The van der Waals surface area contributed by atoms with Crippen molar-refractivity contribution in [1.82, 2.24) is 0 Å². The van der Waals surface area contributed by atoms with Crippen LogP contribution >= 0.6 is 0 Å². The smallest absolute Gasteiger partial charge is 0.163 e. The van der Waals surface area contributed by atoms with E-state index < -0.39 is 0 Å². The standard InChI is InChI=1S/C14H19FO3/c1-9(5-10(2)16)6-11-7-13(17-3)14(18-4)8-12(11)15/h7-9H,5-6H2,1-4H3. The maximum absolute atomic E-state index is 13.8. The average molecular weight is 254 g/mol. The van der Waals surface area contributed by atoms with Gasteiger partial charge in [0.2, 0.25) is 0 Å². The number of hydrogen-bond acceptors (Lipinski definition) is 3. The van der Waals surface area contributed by atoms with Crippen molar-refractivity contribution in [2.75, 3.05) is 14.2 Å². The lowest BCUT2D eigenvalue weighted by atomic mass is 9.96. The Kier molecular flexibility index (Phi) is 5.13. The molecular formula is C14H19FO3. The Bertz CT molecular complexity index is 429. The van der Waals surface area contributed by atoms with Gasteiger partial charge < -0.3 is 14.3 Å². The molecule has 3 nitrogen and oxygen atoms in total. The Balaban J connectivity index is 2.92. The van der Waals surface area contributed by atoms with Crippen LogP contribution in [0.15, 0.2) is 12.1 Å². The number of carbonyl (C=O) groups is 1. The molecule has 1 atom stereocenters. The van der Waals surface area contributed by atoms with Crippen LogP contribution in [0.25, 0.3) is 0 Å². The van der Waals surface area contributed by atoms with E-state index in [1.165, 1.54) is 20.3 Å². The van der Waals surface area contributed by atoms with Gasteiger partial charge in [0.1, 0.15) is 11.6 Å². The maximum Gasteiger partial charge on any atom is 0.163 e. The number of benzene rings is 1. The molecule has 0 aliphatic heterocycles. The molecule has 0 aliphatic rings. The third-order valence-electron chi connectivity index (χ3n) is 2.76. The van der Waals surface area contributed by atoms with Crippen LogP contribution in [0.3, 0.4) is 0 Å². The van der Waals surface area contributed by atoms with Gasteiger partial charge >= 0.3 is 0 Å². The van der Waals surface area contributed by atoms with Crippen molar-refractivity contribution in [3.8, 4) is 11.5 Å². The lowest BCUT2D eigenvalue weighted by molar-refractivity contribution is -0.117. The first-order valence-electron chi connectivity index (χ1n) is 5.87. The highest BCUT2D eigenvalue weighted by Crippen LogP contribution is 2.31. The molecule has 0 radical (unpaired) electrons. The van der Waals surface area contributed by atoms with Crippen LogP contribution in [0, 0.1) is 11.7 Å². The molecule has 4 heteroatoms. The first kappa shape index (κ1) is 14.5. The Hall–Kier alpha value is -1.58. The molecule has 0 N–H and O–H groups in total. The van der Waals surface area contributed by atoms with Crippen LogP contribution in [0.2, 0.25) is 0 Å². The molecule has 0 fully saturated rings. The van der Waals surface area contributed by atoms with E-state index in [2.05, 4.69) is 0 Å². The SMILES string of the molecule is COc1cc(F)c(CC(C)CC(C)=O)cc1OC. The normalized spacial score (nSPS) is 12.1. The summed E-state index contributed by atoms with van der Waals surface area (Å²) >= 11 is 0. The molecule has 1 unspecified atom stereocenters. The zero-order chi connectivity index (χ0) is 13.7. The van der Waals surface area contributed by atoms with Crippen LogP contribution < -0.4 is 9.47 Å². The minimum Gasteiger partial charge on any atom is -0.493 e. The highest BCUT2D eigenvalue weighted by atomic mass is 19.1. The minimum absolute atomic E-state index is 0.107. The van der Waals surface area contributed by atoms with Gasteiger partial charge in [0, 0.05) is 12.5 Å². The molecule has 0 saturated carbocycles. The quantitative estimate of drug-likeness (QED) is 0.782. The minimum atomic E-state index is -0.331. The van der Waals surface area contributed by atoms with Gasteiger partial charge in [-0.25, -0.2) is 4.39 Å². The zero-order valence-electron chi connectivity index (χ0n) is 11.2. The van der Waals surface area contributed by atoms with Gasteiger partial charge in [0.05, 0.1) is 14.2 Å². The number of methoxy groups -OCH3 is 2. The second-order valence-electron chi connectivity index (χ2n) is 4.51. The van der Waals surface area contributed by atoms with Crippen molar-refractivity contribution in [2.45, 2.75) is 26.7 Å². The summed E-state index contributed by atoms with van der Waals surface area (Å²) in [5, 5.41) is 0. The largest absolute Gasteiger partial charge is 0.493 e. The van der Waals surface area contributed by atoms with Crippen molar-refractivity contribution in [2.24, 2.45) is 5.92 Å². The molecule has 0 saturated heterocycles. The maximum atomic E-state index is 13.8. The summed E-state index contributed by atoms with van der Waals surface area (Å²) in [7, 11) is 2.98. The molecule has 1 aromatic rings. The van der Waals surface area contributed by atoms with Gasteiger partial charge in [0.25, 0.3) is 0 Å². The predicted octanol–water partition coefficient (Wildman–Crippen LogP) is 3.00.